The fourth-order valence-electron chi connectivity index (χ4n) is 2.73. The maximum atomic E-state index is 5.40. The van der Waals surface area contributed by atoms with E-state index in [1.54, 1.807) is 0 Å². The summed E-state index contributed by atoms with van der Waals surface area (Å²) in [6.07, 6.45) is 7.68. The van der Waals surface area contributed by atoms with Gasteiger partial charge in [0.2, 0.25) is 0 Å². The van der Waals surface area contributed by atoms with Gasteiger partial charge in [-0.05, 0) is 55.1 Å². The minimum absolute atomic E-state index is 0.558. The Kier molecular flexibility index (Phi) is 5.84. The van der Waals surface area contributed by atoms with E-state index in [1.807, 2.05) is 0 Å². The minimum Gasteiger partial charge on any atom is -0.360 e. The SMILES string of the molecule is CC[C@@H](C)c1ccc(NC(=S)NC2CCCCC2)cc1. The number of hydrogen-bond donors (Lipinski definition) is 2. The van der Waals surface area contributed by atoms with Crippen LogP contribution in [0.5, 0.6) is 0 Å². The normalized spacial score (nSPS) is 17.5. The molecule has 1 atom stereocenters. The fourth-order valence-corrected chi connectivity index (χ4v) is 3.01. The van der Waals surface area contributed by atoms with Gasteiger partial charge in [0.05, 0.1) is 0 Å². The predicted molar refractivity (Wildman–Crippen MR) is 91.4 cm³/mol. The standard InChI is InChI=1S/C17H26N2S/c1-3-13(2)14-9-11-16(12-10-14)19-17(20)18-15-7-5-4-6-8-15/h9-13,15H,3-8H2,1-2H3,(H2,18,19,20)/t13-/m1/s1. The van der Waals surface area contributed by atoms with Crippen molar-refractivity contribution < 1.29 is 0 Å². The second-order valence-electron chi connectivity index (χ2n) is 5.86. The van der Waals surface area contributed by atoms with Gasteiger partial charge in [-0.3, -0.25) is 0 Å². The lowest BCUT2D eigenvalue weighted by Crippen LogP contribution is -2.38. The topological polar surface area (TPSA) is 24.1 Å². The first-order chi connectivity index (χ1) is 9.69. The molecule has 3 heteroatoms. The maximum absolute atomic E-state index is 5.40. The summed E-state index contributed by atoms with van der Waals surface area (Å²) in [5.41, 5.74) is 2.47. The zero-order valence-corrected chi connectivity index (χ0v) is 13.4. The molecule has 1 aromatic carbocycles. The summed E-state index contributed by atoms with van der Waals surface area (Å²) in [7, 11) is 0. The molecular formula is C17H26N2S. The van der Waals surface area contributed by atoms with Crippen LogP contribution in [0.15, 0.2) is 24.3 Å². The van der Waals surface area contributed by atoms with E-state index in [2.05, 4.69) is 48.7 Å². The Bertz CT molecular complexity index is 421. The second-order valence-corrected chi connectivity index (χ2v) is 6.27. The summed E-state index contributed by atoms with van der Waals surface area (Å²) in [5.74, 6) is 0.622. The third-order valence-corrected chi connectivity index (χ3v) is 4.51. The summed E-state index contributed by atoms with van der Waals surface area (Å²) in [6.45, 7) is 4.48. The summed E-state index contributed by atoms with van der Waals surface area (Å²) < 4.78 is 0. The molecule has 0 amide bonds. The Hall–Kier alpha value is -1.09. The largest absolute Gasteiger partial charge is 0.360 e. The van der Waals surface area contributed by atoms with Gasteiger partial charge in [0.15, 0.2) is 5.11 Å². The van der Waals surface area contributed by atoms with E-state index >= 15 is 0 Å². The Morgan fingerprint density at radius 1 is 1.20 bits per heavy atom. The summed E-state index contributed by atoms with van der Waals surface area (Å²) in [4.78, 5) is 0. The lowest BCUT2D eigenvalue weighted by Gasteiger charge is -2.24. The van der Waals surface area contributed by atoms with Gasteiger partial charge >= 0.3 is 0 Å². The van der Waals surface area contributed by atoms with Crippen LogP contribution >= 0.6 is 12.2 Å². The lowest BCUT2D eigenvalue weighted by atomic mass is 9.96. The second kappa shape index (κ2) is 7.63. The number of thiocarbonyl (C=S) groups is 1. The molecule has 2 nitrogen and oxygen atoms in total. The number of rotatable bonds is 4. The molecule has 0 unspecified atom stereocenters. The van der Waals surface area contributed by atoms with Crippen molar-refractivity contribution in [1.29, 1.82) is 0 Å². The van der Waals surface area contributed by atoms with Crippen molar-refractivity contribution in [1.82, 2.24) is 5.32 Å². The van der Waals surface area contributed by atoms with Gasteiger partial charge in [0.1, 0.15) is 0 Å². The zero-order valence-electron chi connectivity index (χ0n) is 12.6. The molecule has 20 heavy (non-hydrogen) atoms. The van der Waals surface area contributed by atoms with Crippen LogP contribution in [-0.2, 0) is 0 Å². The lowest BCUT2D eigenvalue weighted by molar-refractivity contribution is 0.415. The average Bonchev–Trinajstić information content (AvgIpc) is 2.48. The van der Waals surface area contributed by atoms with Crippen molar-refractivity contribution in [3.8, 4) is 0 Å². The van der Waals surface area contributed by atoms with Crippen LogP contribution in [0.3, 0.4) is 0 Å². The third kappa shape index (κ3) is 4.48. The average molecular weight is 290 g/mol. The molecule has 2 rings (SSSR count). The van der Waals surface area contributed by atoms with Crippen LogP contribution in [-0.4, -0.2) is 11.2 Å². The van der Waals surface area contributed by atoms with Gasteiger partial charge in [-0.15, -0.1) is 0 Å². The van der Waals surface area contributed by atoms with Gasteiger partial charge < -0.3 is 10.6 Å². The molecule has 0 radical (unpaired) electrons. The quantitative estimate of drug-likeness (QED) is 0.777. The highest BCUT2D eigenvalue weighted by Crippen LogP contribution is 2.21. The smallest absolute Gasteiger partial charge is 0.170 e. The molecule has 1 aromatic rings. The molecule has 1 saturated carbocycles. The highest BCUT2D eigenvalue weighted by molar-refractivity contribution is 7.80. The Morgan fingerprint density at radius 3 is 2.45 bits per heavy atom. The van der Waals surface area contributed by atoms with Gasteiger partial charge in [-0.1, -0.05) is 45.2 Å². The highest BCUT2D eigenvalue weighted by Gasteiger charge is 2.13. The van der Waals surface area contributed by atoms with Gasteiger partial charge in [-0.2, -0.15) is 0 Å². The van der Waals surface area contributed by atoms with Crippen molar-refractivity contribution in [2.24, 2.45) is 0 Å². The van der Waals surface area contributed by atoms with Crippen molar-refractivity contribution in [2.75, 3.05) is 5.32 Å². The van der Waals surface area contributed by atoms with E-state index in [9.17, 15) is 0 Å². The molecular weight excluding hydrogens is 264 g/mol. The third-order valence-electron chi connectivity index (χ3n) is 4.29. The molecule has 1 aliphatic carbocycles. The first kappa shape index (κ1) is 15.3. The van der Waals surface area contributed by atoms with E-state index in [0.29, 0.717) is 12.0 Å². The number of benzene rings is 1. The molecule has 1 fully saturated rings. The molecule has 0 spiro atoms. The van der Waals surface area contributed by atoms with Crippen LogP contribution in [0.25, 0.3) is 0 Å². The number of nitrogens with one attached hydrogen (secondary N) is 2. The van der Waals surface area contributed by atoms with E-state index in [1.165, 1.54) is 44.1 Å². The Balaban J connectivity index is 1.84. The molecule has 0 heterocycles. The maximum Gasteiger partial charge on any atom is 0.170 e. The molecule has 1 aliphatic rings. The molecule has 0 aromatic heterocycles. The summed E-state index contributed by atoms with van der Waals surface area (Å²) in [6, 6.07) is 9.19. The van der Waals surface area contributed by atoms with Crippen molar-refractivity contribution in [3.63, 3.8) is 0 Å². The van der Waals surface area contributed by atoms with Crippen molar-refractivity contribution in [3.05, 3.63) is 29.8 Å². The van der Waals surface area contributed by atoms with Crippen molar-refractivity contribution in [2.45, 2.75) is 64.3 Å². The van der Waals surface area contributed by atoms with Crippen molar-refractivity contribution >= 4 is 23.0 Å². The van der Waals surface area contributed by atoms with Crippen LogP contribution in [0.2, 0.25) is 0 Å². The molecule has 0 bridgehead atoms. The van der Waals surface area contributed by atoms with Crippen LogP contribution < -0.4 is 10.6 Å². The van der Waals surface area contributed by atoms with Gasteiger partial charge in [0, 0.05) is 11.7 Å². The van der Waals surface area contributed by atoms with E-state index < -0.39 is 0 Å². The Morgan fingerprint density at radius 2 is 1.85 bits per heavy atom. The summed E-state index contributed by atoms with van der Waals surface area (Å²) in [5, 5.41) is 7.49. The highest BCUT2D eigenvalue weighted by atomic mass is 32.1. The Labute approximate surface area is 128 Å². The molecule has 110 valence electrons. The first-order valence-electron chi connectivity index (χ1n) is 7.86. The zero-order chi connectivity index (χ0) is 14.4. The van der Waals surface area contributed by atoms with Crippen LogP contribution in [0.1, 0.15) is 63.9 Å². The monoisotopic (exact) mass is 290 g/mol. The van der Waals surface area contributed by atoms with Crippen LogP contribution in [0.4, 0.5) is 5.69 Å². The van der Waals surface area contributed by atoms with Gasteiger partial charge in [-0.25, -0.2) is 0 Å². The first-order valence-corrected chi connectivity index (χ1v) is 8.27. The minimum atomic E-state index is 0.558. The predicted octanol–water partition coefficient (Wildman–Crippen LogP) is 4.82. The molecule has 0 saturated heterocycles. The van der Waals surface area contributed by atoms with Crippen LogP contribution in [0, 0.1) is 0 Å². The molecule has 2 N–H and O–H groups in total. The number of hydrogen-bond acceptors (Lipinski definition) is 1. The molecule has 0 aliphatic heterocycles. The summed E-state index contributed by atoms with van der Waals surface area (Å²) >= 11 is 5.40. The fraction of sp³-hybridized carbons (Fsp3) is 0.588. The van der Waals surface area contributed by atoms with E-state index in [4.69, 9.17) is 12.2 Å². The van der Waals surface area contributed by atoms with E-state index in [-0.39, 0.29) is 0 Å². The van der Waals surface area contributed by atoms with E-state index in [0.717, 1.165) is 10.8 Å². The van der Waals surface area contributed by atoms with Gasteiger partial charge in [0.25, 0.3) is 0 Å². The number of anilines is 1.